The first-order valence-electron chi connectivity index (χ1n) is 5.43. The number of ether oxygens (including phenoxy) is 1. The summed E-state index contributed by atoms with van der Waals surface area (Å²) in [5, 5.41) is 0.870. The molecule has 3 nitrogen and oxygen atoms in total. The predicted octanol–water partition coefficient (Wildman–Crippen LogP) is 4.43. The maximum Gasteiger partial charge on any atom is 0.350 e. The third kappa shape index (κ3) is 2.65. The Morgan fingerprint density at radius 2 is 2.17 bits per heavy atom. The van der Waals surface area contributed by atoms with Gasteiger partial charge in [-0.05, 0) is 48.3 Å². The molecule has 0 saturated carbocycles. The molecule has 0 aliphatic heterocycles. The SMILES string of the molecule is CCOC(=O)c1sc(-c2cc(C)c(Br)s2)nc1C. The minimum absolute atomic E-state index is 0.286. The normalized spacial score (nSPS) is 10.7. The summed E-state index contributed by atoms with van der Waals surface area (Å²) in [7, 11) is 0. The molecular formula is C12H12BrNO2S2. The van der Waals surface area contributed by atoms with Crippen molar-refractivity contribution in [3.63, 3.8) is 0 Å². The number of hydrogen-bond acceptors (Lipinski definition) is 5. The molecule has 2 heterocycles. The summed E-state index contributed by atoms with van der Waals surface area (Å²) < 4.78 is 6.11. The molecule has 18 heavy (non-hydrogen) atoms. The topological polar surface area (TPSA) is 39.2 Å². The minimum atomic E-state index is -0.286. The zero-order valence-corrected chi connectivity index (χ0v) is 13.5. The summed E-state index contributed by atoms with van der Waals surface area (Å²) in [5.41, 5.74) is 1.91. The first-order valence-corrected chi connectivity index (χ1v) is 7.86. The van der Waals surface area contributed by atoms with E-state index in [1.54, 1.807) is 18.3 Å². The van der Waals surface area contributed by atoms with Crippen LogP contribution in [0, 0.1) is 13.8 Å². The number of esters is 1. The van der Waals surface area contributed by atoms with E-state index in [4.69, 9.17) is 4.74 Å². The van der Waals surface area contributed by atoms with Crippen LogP contribution >= 0.6 is 38.6 Å². The van der Waals surface area contributed by atoms with E-state index in [2.05, 4.69) is 27.0 Å². The molecule has 0 saturated heterocycles. The molecule has 0 fully saturated rings. The highest BCUT2D eigenvalue weighted by Crippen LogP contribution is 2.37. The van der Waals surface area contributed by atoms with Crippen LogP contribution in [0.3, 0.4) is 0 Å². The molecule has 0 spiro atoms. The second kappa shape index (κ2) is 5.50. The van der Waals surface area contributed by atoms with E-state index in [1.165, 1.54) is 16.9 Å². The van der Waals surface area contributed by atoms with Crippen LogP contribution in [0.25, 0.3) is 9.88 Å². The van der Waals surface area contributed by atoms with Gasteiger partial charge in [0.2, 0.25) is 0 Å². The number of carbonyl (C=O) groups excluding carboxylic acids is 1. The maximum atomic E-state index is 11.7. The smallest absolute Gasteiger partial charge is 0.350 e. The van der Waals surface area contributed by atoms with Crippen molar-refractivity contribution in [2.45, 2.75) is 20.8 Å². The maximum absolute atomic E-state index is 11.7. The molecule has 0 atom stereocenters. The standard InChI is InChI=1S/C12H12BrNO2S2/c1-4-16-12(15)9-7(3)14-11(18-9)8-5-6(2)10(13)17-8/h5H,4H2,1-3H3. The van der Waals surface area contributed by atoms with Gasteiger partial charge in [0.15, 0.2) is 0 Å². The Morgan fingerprint density at radius 1 is 1.44 bits per heavy atom. The van der Waals surface area contributed by atoms with Crippen molar-refractivity contribution in [1.29, 1.82) is 0 Å². The van der Waals surface area contributed by atoms with E-state index in [0.717, 1.165) is 19.4 Å². The fraction of sp³-hybridized carbons (Fsp3) is 0.333. The molecule has 6 heteroatoms. The number of thiophene rings is 1. The van der Waals surface area contributed by atoms with Crippen LogP contribution in [0.2, 0.25) is 0 Å². The van der Waals surface area contributed by atoms with Gasteiger partial charge in [-0.3, -0.25) is 0 Å². The second-order valence-electron chi connectivity index (χ2n) is 3.72. The Labute approximate surface area is 122 Å². The van der Waals surface area contributed by atoms with E-state index < -0.39 is 0 Å². The van der Waals surface area contributed by atoms with Crippen LogP contribution in [0.15, 0.2) is 9.85 Å². The molecule has 2 rings (SSSR count). The summed E-state index contributed by atoms with van der Waals surface area (Å²) in [6.07, 6.45) is 0. The third-order valence-electron chi connectivity index (χ3n) is 2.33. The van der Waals surface area contributed by atoms with Gasteiger partial charge in [-0.1, -0.05) is 0 Å². The Morgan fingerprint density at radius 3 is 2.72 bits per heavy atom. The lowest BCUT2D eigenvalue weighted by Crippen LogP contribution is -2.03. The lowest BCUT2D eigenvalue weighted by atomic mass is 10.3. The Kier molecular flexibility index (Phi) is 4.19. The number of aryl methyl sites for hydroxylation is 2. The van der Waals surface area contributed by atoms with Gasteiger partial charge in [0.25, 0.3) is 0 Å². The highest BCUT2D eigenvalue weighted by Gasteiger charge is 2.18. The van der Waals surface area contributed by atoms with Crippen molar-refractivity contribution in [2.75, 3.05) is 6.61 Å². The van der Waals surface area contributed by atoms with E-state index in [-0.39, 0.29) is 5.97 Å². The summed E-state index contributed by atoms with van der Waals surface area (Å²) in [6, 6.07) is 2.07. The quantitative estimate of drug-likeness (QED) is 0.772. The summed E-state index contributed by atoms with van der Waals surface area (Å²) in [5.74, 6) is -0.286. The molecule has 0 aromatic carbocycles. The molecule has 0 bridgehead atoms. The highest BCUT2D eigenvalue weighted by molar-refractivity contribution is 9.11. The van der Waals surface area contributed by atoms with Crippen LogP contribution < -0.4 is 0 Å². The lowest BCUT2D eigenvalue weighted by molar-refractivity contribution is 0.0531. The molecule has 2 aromatic heterocycles. The summed E-state index contributed by atoms with van der Waals surface area (Å²) in [4.78, 5) is 17.8. The van der Waals surface area contributed by atoms with Crippen molar-refractivity contribution < 1.29 is 9.53 Å². The van der Waals surface area contributed by atoms with Crippen LogP contribution in [-0.2, 0) is 4.74 Å². The number of aromatic nitrogens is 1. The van der Waals surface area contributed by atoms with Crippen molar-refractivity contribution in [3.8, 4) is 9.88 Å². The molecule has 0 N–H and O–H groups in total. The largest absolute Gasteiger partial charge is 0.462 e. The lowest BCUT2D eigenvalue weighted by Gasteiger charge is -1.97. The number of halogens is 1. The monoisotopic (exact) mass is 345 g/mol. The number of hydrogen-bond donors (Lipinski definition) is 0. The van der Waals surface area contributed by atoms with Gasteiger partial charge in [0.05, 0.1) is 21.0 Å². The van der Waals surface area contributed by atoms with E-state index in [0.29, 0.717) is 11.5 Å². The fourth-order valence-corrected chi connectivity index (χ4v) is 3.99. The van der Waals surface area contributed by atoms with E-state index in [9.17, 15) is 4.79 Å². The number of thiazole rings is 1. The highest BCUT2D eigenvalue weighted by atomic mass is 79.9. The average molecular weight is 346 g/mol. The fourth-order valence-electron chi connectivity index (χ4n) is 1.45. The van der Waals surface area contributed by atoms with Crippen LogP contribution in [0.5, 0.6) is 0 Å². The first kappa shape index (κ1) is 13.7. The van der Waals surface area contributed by atoms with Crippen LogP contribution in [-0.4, -0.2) is 17.6 Å². The van der Waals surface area contributed by atoms with Gasteiger partial charge in [0.1, 0.15) is 9.88 Å². The van der Waals surface area contributed by atoms with Crippen molar-refractivity contribution in [1.82, 2.24) is 4.98 Å². The van der Waals surface area contributed by atoms with Gasteiger partial charge in [-0.15, -0.1) is 22.7 Å². The third-order valence-corrected chi connectivity index (χ3v) is 5.77. The zero-order valence-electron chi connectivity index (χ0n) is 10.2. The number of nitrogens with zero attached hydrogens (tertiary/aromatic N) is 1. The number of carbonyl (C=O) groups is 1. The molecule has 0 amide bonds. The Hall–Kier alpha value is -0.720. The second-order valence-corrected chi connectivity index (χ2v) is 7.09. The van der Waals surface area contributed by atoms with Gasteiger partial charge < -0.3 is 4.74 Å². The van der Waals surface area contributed by atoms with Crippen molar-refractivity contribution in [3.05, 3.63) is 26.0 Å². The number of rotatable bonds is 3. The van der Waals surface area contributed by atoms with Gasteiger partial charge in [0, 0.05) is 0 Å². The van der Waals surface area contributed by atoms with Gasteiger partial charge in [-0.2, -0.15) is 0 Å². The molecular weight excluding hydrogens is 334 g/mol. The summed E-state index contributed by atoms with van der Waals surface area (Å²) >= 11 is 6.51. The minimum Gasteiger partial charge on any atom is -0.462 e. The van der Waals surface area contributed by atoms with Crippen LogP contribution in [0.1, 0.15) is 27.9 Å². The van der Waals surface area contributed by atoms with Crippen LogP contribution in [0.4, 0.5) is 0 Å². The van der Waals surface area contributed by atoms with Gasteiger partial charge in [-0.25, -0.2) is 9.78 Å². The summed E-state index contributed by atoms with van der Waals surface area (Å²) in [6.45, 7) is 6.06. The van der Waals surface area contributed by atoms with E-state index in [1.807, 2.05) is 13.8 Å². The Bertz CT molecular complexity index is 569. The van der Waals surface area contributed by atoms with E-state index >= 15 is 0 Å². The molecule has 0 unspecified atom stereocenters. The van der Waals surface area contributed by atoms with Crippen molar-refractivity contribution in [2.24, 2.45) is 0 Å². The molecule has 0 radical (unpaired) electrons. The van der Waals surface area contributed by atoms with Gasteiger partial charge >= 0.3 is 5.97 Å². The predicted molar refractivity (Wildman–Crippen MR) is 78.6 cm³/mol. The molecule has 0 aliphatic rings. The molecule has 2 aromatic rings. The zero-order chi connectivity index (χ0) is 13.3. The van der Waals surface area contributed by atoms with Crippen molar-refractivity contribution >= 4 is 44.6 Å². The first-order chi connectivity index (χ1) is 8.52. The molecule has 96 valence electrons. The average Bonchev–Trinajstić information content (AvgIpc) is 2.84. The molecule has 0 aliphatic carbocycles. The Balaban J connectivity index is 2.36.